The molecular weight excluding hydrogens is 154 g/mol. The minimum absolute atomic E-state index is 0.00748. The van der Waals surface area contributed by atoms with Gasteiger partial charge in [-0.25, -0.2) is 0 Å². The maximum absolute atomic E-state index is 11.2. The molecule has 70 valence electrons. The van der Waals surface area contributed by atoms with Gasteiger partial charge in [0, 0.05) is 6.54 Å². The van der Waals surface area contributed by atoms with E-state index in [1.807, 2.05) is 13.8 Å². The first kappa shape index (κ1) is 9.52. The number of hydrogen-bond donors (Lipinski definition) is 1. The van der Waals surface area contributed by atoms with Crippen molar-refractivity contribution in [1.82, 2.24) is 5.32 Å². The van der Waals surface area contributed by atoms with Crippen molar-refractivity contribution < 1.29 is 9.53 Å². The Morgan fingerprint density at radius 1 is 1.58 bits per heavy atom. The Balaban J connectivity index is 2.24. The Morgan fingerprint density at radius 2 is 2.33 bits per heavy atom. The molecule has 1 heterocycles. The number of ether oxygens (including phenoxy) is 1. The zero-order valence-corrected chi connectivity index (χ0v) is 7.80. The highest BCUT2D eigenvalue weighted by Gasteiger charge is 2.18. The molecular formula is C9H17NO2. The summed E-state index contributed by atoms with van der Waals surface area (Å²) in [5, 5.41) is 3.20. The van der Waals surface area contributed by atoms with Crippen LogP contribution in [0.15, 0.2) is 0 Å². The molecule has 1 fully saturated rings. The predicted molar refractivity (Wildman–Crippen MR) is 46.8 cm³/mol. The van der Waals surface area contributed by atoms with Crippen molar-refractivity contribution in [3.8, 4) is 0 Å². The van der Waals surface area contributed by atoms with Gasteiger partial charge in [0.05, 0.1) is 5.92 Å². The molecule has 0 saturated carbocycles. The molecule has 0 aromatic carbocycles. The molecule has 1 saturated heterocycles. The van der Waals surface area contributed by atoms with Gasteiger partial charge in [0.1, 0.15) is 6.10 Å². The highest BCUT2D eigenvalue weighted by molar-refractivity contribution is 5.71. The monoisotopic (exact) mass is 171 g/mol. The average Bonchev–Trinajstić information content (AvgIpc) is 2.06. The number of carbonyl (C=O) groups is 1. The molecule has 0 spiro atoms. The van der Waals surface area contributed by atoms with Crippen LogP contribution in [0.2, 0.25) is 0 Å². The van der Waals surface area contributed by atoms with Crippen molar-refractivity contribution in [2.75, 3.05) is 13.1 Å². The van der Waals surface area contributed by atoms with E-state index in [-0.39, 0.29) is 18.0 Å². The fourth-order valence-electron chi connectivity index (χ4n) is 1.22. The van der Waals surface area contributed by atoms with E-state index >= 15 is 0 Å². The summed E-state index contributed by atoms with van der Waals surface area (Å²) in [6, 6.07) is 0. The van der Waals surface area contributed by atoms with Crippen LogP contribution < -0.4 is 5.32 Å². The maximum atomic E-state index is 11.2. The van der Waals surface area contributed by atoms with Crippen molar-refractivity contribution >= 4 is 5.97 Å². The number of rotatable bonds is 2. The molecule has 12 heavy (non-hydrogen) atoms. The molecule has 0 aliphatic carbocycles. The van der Waals surface area contributed by atoms with E-state index in [0.717, 1.165) is 25.9 Å². The van der Waals surface area contributed by atoms with E-state index in [1.165, 1.54) is 0 Å². The van der Waals surface area contributed by atoms with Gasteiger partial charge in [-0.05, 0) is 19.4 Å². The van der Waals surface area contributed by atoms with Gasteiger partial charge in [0.2, 0.25) is 0 Å². The zero-order valence-electron chi connectivity index (χ0n) is 7.80. The molecule has 0 bridgehead atoms. The minimum atomic E-state index is -0.0799. The third-order valence-corrected chi connectivity index (χ3v) is 2.01. The van der Waals surface area contributed by atoms with Gasteiger partial charge in [0.25, 0.3) is 0 Å². The van der Waals surface area contributed by atoms with E-state index in [0.29, 0.717) is 0 Å². The van der Waals surface area contributed by atoms with E-state index < -0.39 is 0 Å². The summed E-state index contributed by atoms with van der Waals surface area (Å²) >= 11 is 0. The third kappa shape index (κ3) is 2.81. The van der Waals surface area contributed by atoms with E-state index in [2.05, 4.69) is 5.32 Å². The van der Waals surface area contributed by atoms with Crippen LogP contribution in [0.25, 0.3) is 0 Å². The second-order valence-electron chi connectivity index (χ2n) is 3.56. The number of carbonyl (C=O) groups excluding carboxylic acids is 1. The van der Waals surface area contributed by atoms with Crippen LogP contribution in [0.4, 0.5) is 0 Å². The summed E-state index contributed by atoms with van der Waals surface area (Å²) in [4.78, 5) is 11.2. The lowest BCUT2D eigenvalue weighted by molar-refractivity contribution is -0.153. The van der Waals surface area contributed by atoms with Crippen LogP contribution in [0.3, 0.4) is 0 Å². The molecule has 1 rings (SSSR count). The first-order valence-corrected chi connectivity index (χ1v) is 4.61. The maximum Gasteiger partial charge on any atom is 0.308 e. The van der Waals surface area contributed by atoms with Gasteiger partial charge in [-0.1, -0.05) is 13.8 Å². The van der Waals surface area contributed by atoms with E-state index in [9.17, 15) is 4.79 Å². The summed E-state index contributed by atoms with van der Waals surface area (Å²) in [5.74, 6) is -0.0874. The Kier molecular flexibility index (Phi) is 3.53. The van der Waals surface area contributed by atoms with Gasteiger partial charge in [-0.15, -0.1) is 0 Å². The number of piperidine rings is 1. The molecule has 3 nitrogen and oxygen atoms in total. The van der Waals surface area contributed by atoms with Crippen molar-refractivity contribution in [2.24, 2.45) is 5.92 Å². The summed E-state index contributed by atoms with van der Waals surface area (Å²) in [6.45, 7) is 5.59. The van der Waals surface area contributed by atoms with E-state index in [1.54, 1.807) is 0 Å². The van der Waals surface area contributed by atoms with Crippen LogP contribution in [0.1, 0.15) is 26.7 Å². The minimum Gasteiger partial charge on any atom is -0.461 e. The predicted octanol–water partition coefficient (Wildman–Crippen LogP) is 0.938. The van der Waals surface area contributed by atoms with Crippen molar-refractivity contribution in [1.29, 1.82) is 0 Å². The van der Waals surface area contributed by atoms with Gasteiger partial charge in [0.15, 0.2) is 0 Å². The highest BCUT2D eigenvalue weighted by Crippen LogP contribution is 2.08. The largest absolute Gasteiger partial charge is 0.461 e. The first-order chi connectivity index (χ1) is 5.70. The Labute approximate surface area is 73.5 Å². The lowest BCUT2D eigenvalue weighted by Gasteiger charge is -2.23. The fourth-order valence-corrected chi connectivity index (χ4v) is 1.22. The van der Waals surface area contributed by atoms with E-state index in [4.69, 9.17) is 4.74 Å². The van der Waals surface area contributed by atoms with Crippen LogP contribution in [-0.2, 0) is 9.53 Å². The first-order valence-electron chi connectivity index (χ1n) is 4.61. The second kappa shape index (κ2) is 4.45. The second-order valence-corrected chi connectivity index (χ2v) is 3.56. The quantitative estimate of drug-likeness (QED) is 0.628. The summed E-state index contributed by atoms with van der Waals surface area (Å²) in [7, 11) is 0. The van der Waals surface area contributed by atoms with Gasteiger partial charge in [-0.3, -0.25) is 4.79 Å². The van der Waals surface area contributed by atoms with Crippen LogP contribution in [-0.4, -0.2) is 25.2 Å². The van der Waals surface area contributed by atoms with Crippen molar-refractivity contribution in [3.05, 3.63) is 0 Å². The zero-order chi connectivity index (χ0) is 8.97. The standard InChI is InChI=1S/C9H17NO2/c1-7(2)9(11)12-8-4-3-5-10-6-8/h7-8,10H,3-6H2,1-2H3/t8-/m1/s1. The third-order valence-electron chi connectivity index (χ3n) is 2.01. The Hall–Kier alpha value is -0.570. The smallest absolute Gasteiger partial charge is 0.308 e. The highest BCUT2D eigenvalue weighted by atomic mass is 16.5. The Bertz CT molecular complexity index is 151. The lowest BCUT2D eigenvalue weighted by Crippen LogP contribution is -2.37. The molecule has 1 atom stereocenters. The fraction of sp³-hybridized carbons (Fsp3) is 0.889. The molecule has 1 aliphatic heterocycles. The summed E-state index contributed by atoms with van der Waals surface area (Å²) in [5.41, 5.74) is 0. The van der Waals surface area contributed by atoms with Crippen molar-refractivity contribution in [2.45, 2.75) is 32.8 Å². The molecule has 0 amide bonds. The van der Waals surface area contributed by atoms with Gasteiger partial charge in [-0.2, -0.15) is 0 Å². The molecule has 3 heteroatoms. The lowest BCUT2D eigenvalue weighted by atomic mass is 10.1. The SMILES string of the molecule is CC(C)C(=O)O[C@@H]1CCCNC1. The molecule has 0 unspecified atom stereocenters. The van der Waals surface area contributed by atoms with Crippen molar-refractivity contribution in [3.63, 3.8) is 0 Å². The van der Waals surface area contributed by atoms with Crippen LogP contribution in [0.5, 0.6) is 0 Å². The topological polar surface area (TPSA) is 38.3 Å². The molecule has 0 aromatic rings. The molecule has 1 aliphatic rings. The Morgan fingerprint density at radius 3 is 2.83 bits per heavy atom. The molecule has 1 N–H and O–H groups in total. The number of hydrogen-bond acceptors (Lipinski definition) is 3. The molecule has 0 aromatic heterocycles. The molecule has 0 radical (unpaired) electrons. The van der Waals surface area contributed by atoms with Gasteiger partial charge >= 0.3 is 5.97 Å². The summed E-state index contributed by atoms with van der Waals surface area (Å²) in [6.07, 6.45) is 2.22. The summed E-state index contributed by atoms with van der Waals surface area (Å²) < 4.78 is 5.25. The van der Waals surface area contributed by atoms with Crippen LogP contribution >= 0.6 is 0 Å². The van der Waals surface area contributed by atoms with Crippen LogP contribution in [0, 0.1) is 5.92 Å². The normalized spacial score (nSPS) is 24.1. The number of esters is 1. The number of nitrogens with one attached hydrogen (secondary N) is 1. The van der Waals surface area contributed by atoms with Gasteiger partial charge < -0.3 is 10.1 Å². The average molecular weight is 171 g/mol.